The summed E-state index contributed by atoms with van der Waals surface area (Å²) >= 11 is 0. The summed E-state index contributed by atoms with van der Waals surface area (Å²) in [5.74, 6) is 0.200. The highest BCUT2D eigenvalue weighted by Crippen LogP contribution is 2.23. The van der Waals surface area contributed by atoms with Crippen LogP contribution in [-0.4, -0.2) is 31.5 Å². The topological polar surface area (TPSA) is 64.6 Å². The van der Waals surface area contributed by atoms with Gasteiger partial charge in [-0.25, -0.2) is 4.79 Å². The van der Waals surface area contributed by atoms with Crippen molar-refractivity contribution in [3.63, 3.8) is 0 Å². The van der Waals surface area contributed by atoms with E-state index < -0.39 is 12.0 Å². The number of ketones is 1. The molecule has 5 aromatic carbocycles. The van der Waals surface area contributed by atoms with E-state index in [1.165, 1.54) is 18.2 Å². The fourth-order valence-corrected chi connectivity index (χ4v) is 4.78. The summed E-state index contributed by atoms with van der Waals surface area (Å²) < 4.78 is 11.0. The Kier molecular flexibility index (Phi) is 9.78. The summed E-state index contributed by atoms with van der Waals surface area (Å²) in [7, 11) is 1.36. The van der Waals surface area contributed by atoms with Crippen molar-refractivity contribution in [2.45, 2.75) is 12.5 Å². The van der Waals surface area contributed by atoms with Crippen LogP contribution in [0.1, 0.15) is 27.0 Å². The first-order valence-corrected chi connectivity index (χ1v) is 14.2. The van der Waals surface area contributed by atoms with Crippen molar-refractivity contribution in [3.8, 4) is 16.9 Å². The molecule has 0 bridgehead atoms. The first-order chi connectivity index (χ1) is 21.1. The molecule has 0 unspecified atom stereocenters. The average Bonchev–Trinajstić information content (AvgIpc) is 3.07. The summed E-state index contributed by atoms with van der Waals surface area (Å²) in [6.45, 7) is 0.429. The molecule has 0 aliphatic rings. The first-order valence-electron chi connectivity index (χ1n) is 14.2. The van der Waals surface area contributed by atoms with Crippen molar-refractivity contribution < 1.29 is 19.1 Å². The fourth-order valence-electron chi connectivity index (χ4n) is 4.78. The van der Waals surface area contributed by atoms with Gasteiger partial charge in [0.25, 0.3) is 0 Å². The summed E-state index contributed by atoms with van der Waals surface area (Å²) in [5.41, 5.74) is 6.06. The molecule has 0 spiro atoms. The van der Waals surface area contributed by atoms with Crippen LogP contribution in [0.3, 0.4) is 0 Å². The lowest BCUT2D eigenvalue weighted by Gasteiger charge is -2.20. The van der Waals surface area contributed by atoms with E-state index >= 15 is 0 Å². The lowest BCUT2D eigenvalue weighted by Crippen LogP contribution is -2.33. The summed E-state index contributed by atoms with van der Waals surface area (Å²) in [6, 6.07) is 41.9. The SMILES string of the molecule is COC(=O)[C@H](Cc1ccc(OCC=Cc2ccc(-c3ccccc3)cc2)cc1)Nc1ccccc1C(=O)c1ccccc1. The minimum absolute atomic E-state index is 0.118. The Morgan fingerprint density at radius 1 is 0.721 bits per heavy atom. The van der Waals surface area contributed by atoms with Crippen molar-refractivity contribution >= 4 is 23.5 Å². The molecule has 5 aromatic rings. The normalized spacial score (nSPS) is 11.6. The zero-order valence-corrected chi connectivity index (χ0v) is 24.0. The molecule has 0 radical (unpaired) electrons. The maximum atomic E-state index is 13.2. The van der Waals surface area contributed by atoms with Gasteiger partial charge in [-0.15, -0.1) is 0 Å². The Labute approximate surface area is 252 Å². The van der Waals surface area contributed by atoms with Gasteiger partial charge in [-0.3, -0.25) is 4.79 Å². The van der Waals surface area contributed by atoms with Gasteiger partial charge in [-0.2, -0.15) is 0 Å². The van der Waals surface area contributed by atoms with E-state index in [1.807, 2.05) is 84.9 Å². The van der Waals surface area contributed by atoms with Crippen LogP contribution in [0.4, 0.5) is 5.69 Å². The van der Waals surface area contributed by atoms with Gasteiger partial charge in [0.1, 0.15) is 18.4 Å². The highest BCUT2D eigenvalue weighted by Gasteiger charge is 2.22. The number of anilines is 1. The Morgan fingerprint density at radius 2 is 1.35 bits per heavy atom. The molecule has 0 aromatic heterocycles. The molecule has 0 amide bonds. The molecule has 0 saturated heterocycles. The van der Waals surface area contributed by atoms with Gasteiger partial charge in [0.2, 0.25) is 0 Å². The van der Waals surface area contributed by atoms with Gasteiger partial charge in [-0.1, -0.05) is 115 Å². The molecule has 0 aliphatic heterocycles. The first kappa shape index (κ1) is 29.1. The maximum absolute atomic E-state index is 13.2. The highest BCUT2D eigenvalue weighted by atomic mass is 16.5. The summed E-state index contributed by atoms with van der Waals surface area (Å²) in [5, 5.41) is 3.25. The number of hydrogen-bond donors (Lipinski definition) is 1. The molecular weight excluding hydrogens is 534 g/mol. The second-order valence-corrected chi connectivity index (χ2v) is 10.0. The Bertz CT molecular complexity index is 1660. The largest absolute Gasteiger partial charge is 0.490 e. The zero-order chi connectivity index (χ0) is 29.9. The smallest absolute Gasteiger partial charge is 0.328 e. The average molecular weight is 568 g/mol. The number of benzene rings is 5. The summed E-state index contributed by atoms with van der Waals surface area (Å²) in [4.78, 5) is 25.9. The highest BCUT2D eigenvalue weighted by molar-refractivity contribution is 6.12. The summed E-state index contributed by atoms with van der Waals surface area (Å²) in [6.07, 6.45) is 4.40. The van der Waals surface area contributed by atoms with Crippen LogP contribution in [-0.2, 0) is 16.0 Å². The van der Waals surface area contributed by atoms with Crippen molar-refractivity contribution in [2.75, 3.05) is 19.0 Å². The van der Waals surface area contributed by atoms with Crippen molar-refractivity contribution in [1.82, 2.24) is 0 Å². The molecule has 1 atom stereocenters. The molecule has 0 saturated carbocycles. The molecule has 43 heavy (non-hydrogen) atoms. The van der Waals surface area contributed by atoms with Crippen LogP contribution in [0.2, 0.25) is 0 Å². The second kappa shape index (κ2) is 14.5. The van der Waals surface area contributed by atoms with E-state index in [4.69, 9.17) is 9.47 Å². The van der Waals surface area contributed by atoms with Gasteiger partial charge < -0.3 is 14.8 Å². The lowest BCUT2D eigenvalue weighted by molar-refractivity contribution is -0.141. The van der Waals surface area contributed by atoms with E-state index in [0.717, 1.165) is 16.9 Å². The van der Waals surface area contributed by atoms with E-state index in [1.54, 1.807) is 24.3 Å². The number of carbonyl (C=O) groups is 2. The van der Waals surface area contributed by atoms with Crippen molar-refractivity contribution in [2.24, 2.45) is 0 Å². The minimum Gasteiger partial charge on any atom is -0.490 e. The van der Waals surface area contributed by atoms with E-state index in [0.29, 0.717) is 29.8 Å². The van der Waals surface area contributed by atoms with Gasteiger partial charge in [0.05, 0.1) is 7.11 Å². The third kappa shape index (κ3) is 7.86. The quantitative estimate of drug-likeness (QED) is 0.123. The van der Waals surface area contributed by atoms with Crippen LogP contribution < -0.4 is 10.1 Å². The molecule has 5 heteroatoms. The number of hydrogen-bond acceptors (Lipinski definition) is 5. The second-order valence-electron chi connectivity index (χ2n) is 10.0. The van der Waals surface area contributed by atoms with Crippen LogP contribution in [0.15, 0.2) is 140 Å². The van der Waals surface area contributed by atoms with Gasteiger partial charge in [0.15, 0.2) is 5.78 Å². The number of rotatable bonds is 12. The maximum Gasteiger partial charge on any atom is 0.328 e. The standard InChI is InChI=1S/C38H33NO4/c1-42-38(41)36(39-35-17-9-8-16-34(35)37(40)32-14-6-3-7-15-32)27-29-20-24-33(25-21-29)43-26-10-11-28-18-22-31(23-19-28)30-12-4-2-5-13-30/h2-25,36,39H,26-27H2,1H3/t36-/m0/s1. The third-order valence-electron chi connectivity index (χ3n) is 7.06. The number of esters is 1. The predicted octanol–water partition coefficient (Wildman–Crippen LogP) is 7.87. The predicted molar refractivity (Wildman–Crippen MR) is 172 cm³/mol. The number of methoxy groups -OCH3 is 1. The Hall–Kier alpha value is -5.42. The number of para-hydroxylation sites is 1. The monoisotopic (exact) mass is 567 g/mol. The minimum atomic E-state index is -0.683. The molecule has 1 N–H and O–H groups in total. The van der Waals surface area contributed by atoms with Crippen LogP contribution in [0, 0.1) is 0 Å². The third-order valence-corrected chi connectivity index (χ3v) is 7.06. The number of nitrogens with one attached hydrogen (secondary N) is 1. The van der Waals surface area contributed by atoms with E-state index in [9.17, 15) is 9.59 Å². The van der Waals surface area contributed by atoms with Crippen molar-refractivity contribution in [1.29, 1.82) is 0 Å². The molecule has 0 heterocycles. The van der Waals surface area contributed by atoms with Crippen LogP contribution >= 0.6 is 0 Å². The van der Waals surface area contributed by atoms with Gasteiger partial charge in [-0.05, 0) is 52.6 Å². The fraction of sp³-hybridized carbons (Fsp3) is 0.105. The molecule has 5 rings (SSSR count). The van der Waals surface area contributed by atoms with E-state index in [2.05, 4.69) is 41.7 Å². The molecule has 0 fully saturated rings. The van der Waals surface area contributed by atoms with E-state index in [-0.39, 0.29) is 5.78 Å². The van der Waals surface area contributed by atoms with Crippen LogP contribution in [0.25, 0.3) is 17.2 Å². The molecule has 5 nitrogen and oxygen atoms in total. The number of ether oxygens (including phenoxy) is 2. The van der Waals surface area contributed by atoms with Gasteiger partial charge >= 0.3 is 5.97 Å². The molecule has 0 aliphatic carbocycles. The lowest BCUT2D eigenvalue weighted by atomic mass is 10.00. The van der Waals surface area contributed by atoms with Crippen molar-refractivity contribution in [3.05, 3.63) is 162 Å². The Morgan fingerprint density at radius 3 is 2.05 bits per heavy atom. The zero-order valence-electron chi connectivity index (χ0n) is 24.0. The number of carbonyl (C=O) groups excluding carboxylic acids is 2. The van der Waals surface area contributed by atoms with Crippen LogP contribution in [0.5, 0.6) is 5.75 Å². The van der Waals surface area contributed by atoms with Gasteiger partial charge in [0, 0.05) is 23.2 Å². The molecule has 214 valence electrons. The Balaban J connectivity index is 1.18. The molecular formula is C38H33NO4.